The highest BCUT2D eigenvalue weighted by atomic mass is 35.5. The lowest BCUT2D eigenvalue weighted by Gasteiger charge is -2.19. The standard InChI is InChI=1S/C15H13ClN2O3/c1-15(12-3-2-8-21-12)13(19)18(14(20)17-15)9-10-4-6-11(16)7-5-10/h2-8H,9H2,1H3,(H,17,20)/t15-/m0/s1. The molecular formula is C15H13ClN2O3. The molecule has 1 fully saturated rings. The summed E-state index contributed by atoms with van der Waals surface area (Å²) in [6.45, 7) is 1.83. The molecule has 1 atom stereocenters. The average molecular weight is 305 g/mol. The number of furan rings is 1. The lowest BCUT2D eigenvalue weighted by Crippen LogP contribution is -2.40. The largest absolute Gasteiger partial charge is 0.466 e. The summed E-state index contributed by atoms with van der Waals surface area (Å²) < 4.78 is 5.27. The number of nitrogens with zero attached hydrogens (tertiary/aromatic N) is 1. The fourth-order valence-electron chi connectivity index (χ4n) is 2.34. The van der Waals surface area contributed by atoms with Crippen LogP contribution in [0.4, 0.5) is 4.79 Å². The zero-order chi connectivity index (χ0) is 15.0. The van der Waals surface area contributed by atoms with Gasteiger partial charge in [-0.2, -0.15) is 0 Å². The van der Waals surface area contributed by atoms with Gasteiger partial charge in [0.25, 0.3) is 5.91 Å². The molecule has 3 rings (SSSR count). The Morgan fingerprint density at radius 3 is 2.57 bits per heavy atom. The molecule has 6 heteroatoms. The van der Waals surface area contributed by atoms with E-state index in [1.165, 1.54) is 11.2 Å². The number of carbonyl (C=O) groups excluding carboxylic acids is 2. The molecule has 21 heavy (non-hydrogen) atoms. The molecule has 1 N–H and O–H groups in total. The number of halogens is 1. The summed E-state index contributed by atoms with van der Waals surface area (Å²) in [5, 5.41) is 3.29. The van der Waals surface area contributed by atoms with Crippen LogP contribution in [0, 0.1) is 0 Å². The molecule has 0 radical (unpaired) electrons. The lowest BCUT2D eigenvalue weighted by molar-refractivity contribution is -0.132. The monoisotopic (exact) mass is 304 g/mol. The molecule has 5 nitrogen and oxygen atoms in total. The molecule has 3 amide bonds. The maximum absolute atomic E-state index is 12.6. The molecule has 1 aromatic heterocycles. The second-order valence-corrected chi connectivity index (χ2v) is 5.49. The van der Waals surface area contributed by atoms with Gasteiger partial charge in [-0.3, -0.25) is 9.69 Å². The quantitative estimate of drug-likeness (QED) is 0.887. The van der Waals surface area contributed by atoms with Crippen molar-refractivity contribution >= 4 is 23.5 Å². The molecule has 0 saturated carbocycles. The number of urea groups is 1. The van der Waals surface area contributed by atoms with Crippen molar-refractivity contribution in [1.82, 2.24) is 10.2 Å². The molecule has 2 heterocycles. The van der Waals surface area contributed by atoms with E-state index in [4.69, 9.17) is 16.0 Å². The number of hydrogen-bond acceptors (Lipinski definition) is 3. The van der Waals surface area contributed by atoms with Crippen molar-refractivity contribution in [1.29, 1.82) is 0 Å². The van der Waals surface area contributed by atoms with Crippen molar-refractivity contribution in [3.05, 3.63) is 59.0 Å². The van der Waals surface area contributed by atoms with Gasteiger partial charge >= 0.3 is 6.03 Å². The molecule has 1 aromatic carbocycles. The minimum absolute atomic E-state index is 0.193. The number of hydrogen-bond donors (Lipinski definition) is 1. The van der Waals surface area contributed by atoms with Crippen molar-refractivity contribution in [2.24, 2.45) is 0 Å². The zero-order valence-corrected chi connectivity index (χ0v) is 12.1. The van der Waals surface area contributed by atoms with Crippen LogP contribution in [-0.4, -0.2) is 16.8 Å². The molecule has 1 saturated heterocycles. The lowest BCUT2D eigenvalue weighted by atomic mass is 9.99. The molecule has 0 unspecified atom stereocenters. The number of rotatable bonds is 3. The number of carbonyl (C=O) groups is 2. The van der Waals surface area contributed by atoms with Crippen molar-refractivity contribution in [2.75, 3.05) is 0 Å². The minimum Gasteiger partial charge on any atom is -0.466 e. The SMILES string of the molecule is C[C@@]1(c2ccco2)NC(=O)N(Cc2ccc(Cl)cc2)C1=O. The normalized spacial score (nSPS) is 21.7. The molecule has 1 aliphatic heterocycles. The minimum atomic E-state index is -1.16. The smallest absolute Gasteiger partial charge is 0.325 e. The van der Waals surface area contributed by atoms with Crippen molar-refractivity contribution < 1.29 is 14.0 Å². The summed E-state index contributed by atoms with van der Waals surface area (Å²) in [5.41, 5.74) is -0.334. The van der Waals surface area contributed by atoms with E-state index in [-0.39, 0.29) is 12.5 Å². The van der Waals surface area contributed by atoms with Crippen LogP contribution in [0.5, 0.6) is 0 Å². The number of benzene rings is 1. The van der Waals surface area contributed by atoms with Gasteiger partial charge in [-0.15, -0.1) is 0 Å². The molecule has 0 aliphatic carbocycles. The molecule has 0 spiro atoms. The first-order chi connectivity index (χ1) is 10.0. The van der Waals surface area contributed by atoms with Crippen LogP contribution in [-0.2, 0) is 16.9 Å². The Morgan fingerprint density at radius 1 is 1.24 bits per heavy atom. The first-order valence-corrected chi connectivity index (χ1v) is 6.81. The van der Waals surface area contributed by atoms with E-state index in [9.17, 15) is 9.59 Å². The summed E-state index contributed by atoms with van der Waals surface area (Å²) in [4.78, 5) is 25.8. The highest BCUT2D eigenvalue weighted by Gasteiger charge is 2.50. The van der Waals surface area contributed by atoms with E-state index in [1.807, 2.05) is 0 Å². The van der Waals surface area contributed by atoms with Crippen LogP contribution < -0.4 is 5.32 Å². The second kappa shape index (κ2) is 4.93. The van der Waals surface area contributed by atoms with Crippen LogP contribution in [0.1, 0.15) is 18.2 Å². The summed E-state index contributed by atoms with van der Waals surface area (Å²) in [7, 11) is 0. The molecule has 2 aromatic rings. The number of amides is 3. The van der Waals surface area contributed by atoms with Gasteiger partial charge in [0.05, 0.1) is 12.8 Å². The third kappa shape index (κ3) is 2.29. The Kier molecular flexibility index (Phi) is 3.22. The number of nitrogens with one attached hydrogen (secondary N) is 1. The van der Waals surface area contributed by atoms with Crippen LogP contribution in [0.2, 0.25) is 5.02 Å². The maximum Gasteiger partial charge on any atom is 0.325 e. The zero-order valence-electron chi connectivity index (χ0n) is 11.3. The van der Waals surface area contributed by atoms with Gasteiger partial charge in [-0.05, 0) is 36.8 Å². The topological polar surface area (TPSA) is 62.6 Å². The molecule has 0 bridgehead atoms. The predicted octanol–water partition coefficient (Wildman–Crippen LogP) is 2.90. The van der Waals surface area contributed by atoms with Crippen LogP contribution in [0.15, 0.2) is 47.1 Å². The summed E-state index contributed by atoms with van der Waals surface area (Å²) in [5.74, 6) is 0.0804. The summed E-state index contributed by atoms with van der Waals surface area (Å²) in [6, 6.07) is 9.93. The fourth-order valence-corrected chi connectivity index (χ4v) is 2.47. The van der Waals surface area contributed by atoms with Crippen LogP contribution >= 0.6 is 11.6 Å². The third-order valence-corrected chi connectivity index (χ3v) is 3.79. The summed E-state index contributed by atoms with van der Waals surface area (Å²) in [6.07, 6.45) is 1.47. The first kappa shape index (κ1) is 13.7. The predicted molar refractivity (Wildman–Crippen MR) is 76.6 cm³/mol. The van der Waals surface area contributed by atoms with Crippen LogP contribution in [0.3, 0.4) is 0 Å². The van der Waals surface area contributed by atoms with Gasteiger partial charge in [0.15, 0.2) is 5.54 Å². The van der Waals surface area contributed by atoms with E-state index in [0.717, 1.165) is 5.56 Å². The molecule has 108 valence electrons. The van der Waals surface area contributed by atoms with Gasteiger partial charge in [-0.25, -0.2) is 4.79 Å². The Morgan fingerprint density at radius 2 is 1.95 bits per heavy atom. The highest BCUT2D eigenvalue weighted by molar-refractivity contribution is 6.30. The Hall–Kier alpha value is -2.27. The second-order valence-electron chi connectivity index (χ2n) is 5.05. The van der Waals surface area contributed by atoms with E-state index in [2.05, 4.69) is 5.32 Å². The Bertz CT molecular complexity index is 681. The summed E-state index contributed by atoms with van der Waals surface area (Å²) >= 11 is 5.83. The first-order valence-electron chi connectivity index (χ1n) is 6.43. The Balaban J connectivity index is 1.86. The van der Waals surface area contributed by atoms with E-state index >= 15 is 0 Å². The van der Waals surface area contributed by atoms with Gasteiger partial charge in [0.2, 0.25) is 0 Å². The van der Waals surface area contributed by atoms with Gasteiger partial charge in [0.1, 0.15) is 5.76 Å². The molecular weight excluding hydrogens is 292 g/mol. The van der Waals surface area contributed by atoms with Crippen LogP contribution in [0.25, 0.3) is 0 Å². The van der Waals surface area contributed by atoms with Crippen molar-refractivity contribution in [2.45, 2.75) is 19.0 Å². The maximum atomic E-state index is 12.6. The fraction of sp³-hybridized carbons (Fsp3) is 0.200. The average Bonchev–Trinajstić information content (AvgIpc) is 3.06. The number of imide groups is 1. The van der Waals surface area contributed by atoms with Gasteiger partial charge < -0.3 is 9.73 Å². The highest BCUT2D eigenvalue weighted by Crippen LogP contribution is 2.30. The van der Waals surface area contributed by atoms with E-state index in [0.29, 0.717) is 10.8 Å². The molecule has 1 aliphatic rings. The Labute approximate surface area is 126 Å². The van der Waals surface area contributed by atoms with Crippen molar-refractivity contribution in [3.63, 3.8) is 0 Å². The third-order valence-electron chi connectivity index (χ3n) is 3.54. The van der Waals surface area contributed by atoms with Crippen molar-refractivity contribution in [3.8, 4) is 0 Å². The van der Waals surface area contributed by atoms with Gasteiger partial charge in [0, 0.05) is 5.02 Å². The van der Waals surface area contributed by atoms with E-state index in [1.54, 1.807) is 43.3 Å². The van der Waals surface area contributed by atoms with E-state index < -0.39 is 11.6 Å². The van der Waals surface area contributed by atoms with Gasteiger partial charge in [-0.1, -0.05) is 23.7 Å².